The Balaban J connectivity index is 2.81. The lowest BCUT2D eigenvalue weighted by atomic mass is 10.2. The molecular formula is C9H13NO4S2. The minimum atomic E-state index is -4.15. The van der Waals surface area contributed by atoms with Crippen LogP contribution in [0.1, 0.15) is 5.56 Å². The van der Waals surface area contributed by atoms with Gasteiger partial charge >= 0.3 is 0 Å². The van der Waals surface area contributed by atoms with Crippen molar-refractivity contribution in [3.8, 4) is 0 Å². The molecule has 0 spiro atoms. The molecule has 0 aliphatic carbocycles. The fraction of sp³-hybridized carbons (Fsp3) is 0.333. The van der Waals surface area contributed by atoms with E-state index in [1.807, 2.05) is 13.0 Å². The second-order valence-corrected chi connectivity index (χ2v) is 9.60. The van der Waals surface area contributed by atoms with Crippen LogP contribution in [0.25, 0.3) is 0 Å². The minimum absolute atomic E-state index is 0.576. The van der Waals surface area contributed by atoms with Crippen molar-refractivity contribution >= 4 is 23.4 Å². The Morgan fingerprint density at radius 1 is 1.19 bits per heavy atom. The number of hydrogen-bond donors (Lipinski definition) is 1. The highest BCUT2D eigenvalue weighted by molar-refractivity contribution is 8.66. The lowest BCUT2D eigenvalue weighted by Crippen LogP contribution is -2.22. The van der Waals surface area contributed by atoms with Crippen LogP contribution in [-0.4, -0.2) is 29.0 Å². The average Bonchev–Trinajstić information content (AvgIpc) is 2.13. The van der Waals surface area contributed by atoms with E-state index < -0.39 is 23.6 Å². The summed E-state index contributed by atoms with van der Waals surface area (Å²) in [7, 11) is -8.22. The quantitative estimate of drug-likeness (QED) is 0.810. The molecular weight excluding hydrogens is 250 g/mol. The van der Waals surface area contributed by atoms with Crippen LogP contribution in [-0.2, 0) is 17.7 Å². The van der Waals surface area contributed by atoms with E-state index in [9.17, 15) is 16.8 Å². The van der Waals surface area contributed by atoms with Crippen LogP contribution < -0.4 is 5.32 Å². The third kappa shape index (κ3) is 3.21. The number of benzene rings is 1. The van der Waals surface area contributed by atoms with Crippen molar-refractivity contribution in [1.29, 1.82) is 0 Å². The maximum absolute atomic E-state index is 11.3. The summed E-state index contributed by atoms with van der Waals surface area (Å²) in [4.78, 5) is 0. The molecule has 0 heterocycles. The van der Waals surface area contributed by atoms with Crippen LogP contribution in [0.4, 0.5) is 5.69 Å². The Bertz CT molecular complexity index is 575. The van der Waals surface area contributed by atoms with Crippen LogP contribution in [0.5, 0.6) is 0 Å². The second kappa shape index (κ2) is 4.42. The van der Waals surface area contributed by atoms with Gasteiger partial charge in [-0.15, -0.1) is 0 Å². The summed E-state index contributed by atoms with van der Waals surface area (Å²) in [5, 5.41) is 2.57. The zero-order valence-electron chi connectivity index (χ0n) is 8.97. The molecule has 0 amide bonds. The van der Waals surface area contributed by atoms with E-state index in [4.69, 9.17) is 0 Å². The van der Waals surface area contributed by atoms with Gasteiger partial charge in [-0.05, 0) is 24.6 Å². The molecule has 0 saturated carbocycles. The van der Waals surface area contributed by atoms with E-state index in [-0.39, 0.29) is 0 Å². The van der Waals surface area contributed by atoms with Gasteiger partial charge in [-0.2, -0.15) is 0 Å². The van der Waals surface area contributed by atoms with Crippen molar-refractivity contribution in [1.82, 2.24) is 0 Å². The highest BCUT2D eigenvalue weighted by Crippen LogP contribution is 2.10. The Morgan fingerprint density at radius 3 is 2.31 bits per heavy atom. The lowest BCUT2D eigenvalue weighted by molar-refractivity contribution is 0.586. The number of rotatable bonds is 4. The molecule has 1 aromatic carbocycles. The van der Waals surface area contributed by atoms with Gasteiger partial charge in [0.05, 0.1) is 6.26 Å². The van der Waals surface area contributed by atoms with Gasteiger partial charge in [-0.3, -0.25) is 0 Å². The Labute approximate surface area is 94.7 Å². The summed E-state index contributed by atoms with van der Waals surface area (Å²) in [6, 6.07) is 7.02. The van der Waals surface area contributed by atoms with E-state index in [1.54, 1.807) is 18.2 Å². The van der Waals surface area contributed by atoms with Gasteiger partial charge in [0.2, 0.25) is 0 Å². The normalized spacial score (nSPS) is 12.4. The van der Waals surface area contributed by atoms with Crippen molar-refractivity contribution in [2.45, 2.75) is 6.92 Å². The van der Waals surface area contributed by atoms with Crippen LogP contribution in [0.3, 0.4) is 0 Å². The first-order valence-electron chi connectivity index (χ1n) is 4.46. The highest BCUT2D eigenvalue weighted by Gasteiger charge is 2.23. The maximum atomic E-state index is 11.3. The molecule has 0 aliphatic rings. The number of anilines is 1. The summed E-state index contributed by atoms with van der Waals surface area (Å²) in [6.07, 6.45) is 0.681. The van der Waals surface area contributed by atoms with E-state index in [0.29, 0.717) is 11.9 Å². The topological polar surface area (TPSA) is 80.3 Å². The standard InChI is InChI=1S/C9H13NO4S2/c1-8-4-3-5-9(6-8)10-7-16(13,14)15(2,11)12/h3-6,10H,7H2,1-2H3. The lowest BCUT2D eigenvalue weighted by Gasteiger charge is -2.06. The SMILES string of the molecule is Cc1cccc(NCS(=O)(=O)S(C)(=O)=O)c1. The van der Waals surface area contributed by atoms with Gasteiger partial charge in [-0.25, -0.2) is 16.8 Å². The molecule has 5 nitrogen and oxygen atoms in total. The molecule has 1 rings (SSSR count). The van der Waals surface area contributed by atoms with Gasteiger partial charge in [0.25, 0.3) is 17.7 Å². The van der Waals surface area contributed by atoms with Crippen LogP contribution in [0.15, 0.2) is 24.3 Å². The molecule has 0 unspecified atom stereocenters. The van der Waals surface area contributed by atoms with Crippen molar-refractivity contribution < 1.29 is 16.8 Å². The third-order valence-corrected chi connectivity index (χ3v) is 6.47. The summed E-state index contributed by atoms with van der Waals surface area (Å²) in [6.45, 7) is 1.86. The average molecular weight is 263 g/mol. The van der Waals surface area contributed by atoms with E-state index in [1.165, 1.54) is 0 Å². The first kappa shape index (κ1) is 13.0. The largest absolute Gasteiger partial charge is 0.371 e. The predicted molar refractivity (Wildman–Crippen MR) is 63.4 cm³/mol. The maximum Gasteiger partial charge on any atom is 0.271 e. The molecule has 0 aromatic heterocycles. The van der Waals surface area contributed by atoms with Crippen LogP contribution in [0, 0.1) is 6.92 Å². The van der Waals surface area contributed by atoms with Gasteiger partial charge in [-0.1, -0.05) is 12.1 Å². The third-order valence-electron chi connectivity index (χ3n) is 1.93. The molecule has 1 N–H and O–H groups in total. The molecule has 1 aromatic rings. The summed E-state index contributed by atoms with van der Waals surface area (Å²) >= 11 is 0. The molecule has 0 bridgehead atoms. The van der Waals surface area contributed by atoms with Crippen molar-refractivity contribution in [3.05, 3.63) is 29.8 Å². The Kier molecular flexibility index (Phi) is 3.59. The van der Waals surface area contributed by atoms with Gasteiger partial charge in [0.15, 0.2) is 0 Å². The number of aryl methyl sites for hydroxylation is 1. The van der Waals surface area contributed by atoms with Crippen molar-refractivity contribution in [2.24, 2.45) is 0 Å². The fourth-order valence-electron chi connectivity index (χ4n) is 1.03. The first-order chi connectivity index (χ1) is 7.22. The summed E-state index contributed by atoms with van der Waals surface area (Å²) in [5.74, 6) is -0.616. The van der Waals surface area contributed by atoms with E-state index in [2.05, 4.69) is 5.32 Å². The molecule has 0 radical (unpaired) electrons. The molecule has 7 heteroatoms. The van der Waals surface area contributed by atoms with Gasteiger partial charge in [0.1, 0.15) is 5.88 Å². The van der Waals surface area contributed by atoms with Gasteiger partial charge in [0, 0.05) is 5.69 Å². The Morgan fingerprint density at radius 2 is 1.81 bits per heavy atom. The van der Waals surface area contributed by atoms with Crippen LogP contribution in [0.2, 0.25) is 0 Å². The van der Waals surface area contributed by atoms with Crippen molar-refractivity contribution in [3.63, 3.8) is 0 Å². The molecule has 16 heavy (non-hydrogen) atoms. The number of hydrogen-bond acceptors (Lipinski definition) is 5. The molecule has 90 valence electrons. The predicted octanol–water partition coefficient (Wildman–Crippen LogP) is 0.739. The summed E-state index contributed by atoms with van der Waals surface area (Å²) < 4.78 is 44.3. The monoisotopic (exact) mass is 263 g/mol. The van der Waals surface area contributed by atoms with E-state index in [0.717, 1.165) is 5.56 Å². The summed E-state index contributed by atoms with van der Waals surface area (Å²) in [5.41, 5.74) is 1.54. The van der Waals surface area contributed by atoms with Crippen molar-refractivity contribution in [2.75, 3.05) is 17.4 Å². The zero-order chi connectivity index (χ0) is 12.4. The van der Waals surface area contributed by atoms with E-state index >= 15 is 0 Å². The fourth-order valence-corrected chi connectivity index (χ4v) is 2.41. The Hall–Kier alpha value is -1.08. The number of nitrogens with one attached hydrogen (secondary N) is 1. The second-order valence-electron chi connectivity index (χ2n) is 3.45. The first-order valence-corrected chi connectivity index (χ1v) is 8.52. The molecule has 0 aliphatic heterocycles. The minimum Gasteiger partial charge on any atom is -0.371 e. The highest BCUT2D eigenvalue weighted by atomic mass is 33.2. The smallest absolute Gasteiger partial charge is 0.271 e. The molecule has 0 saturated heterocycles. The molecule has 0 fully saturated rings. The van der Waals surface area contributed by atoms with Gasteiger partial charge < -0.3 is 5.32 Å². The molecule has 0 atom stereocenters. The zero-order valence-corrected chi connectivity index (χ0v) is 10.6. The van der Waals surface area contributed by atoms with Crippen LogP contribution >= 0.6 is 0 Å².